The van der Waals surface area contributed by atoms with E-state index in [9.17, 15) is 0 Å². The van der Waals surface area contributed by atoms with Crippen LogP contribution < -0.4 is 10.5 Å². The van der Waals surface area contributed by atoms with Crippen molar-refractivity contribution in [2.24, 2.45) is 5.73 Å². The Bertz CT molecular complexity index is 744. The minimum absolute atomic E-state index is 0.442. The molecular formula is C22H23NO2. The van der Waals surface area contributed by atoms with Gasteiger partial charge in [-0.2, -0.15) is 0 Å². The van der Waals surface area contributed by atoms with Crippen molar-refractivity contribution >= 4 is 0 Å². The number of ether oxygens (including phenoxy) is 2. The van der Waals surface area contributed by atoms with E-state index in [-0.39, 0.29) is 0 Å². The molecule has 1 atom stereocenters. The van der Waals surface area contributed by atoms with Gasteiger partial charge in [-0.3, -0.25) is 0 Å². The van der Waals surface area contributed by atoms with Gasteiger partial charge >= 0.3 is 0 Å². The molecule has 0 aliphatic carbocycles. The molecule has 0 aromatic heterocycles. The second kappa shape index (κ2) is 7.51. The molecule has 3 rings (SSSR count). The van der Waals surface area contributed by atoms with Gasteiger partial charge in [-0.15, -0.1) is 0 Å². The zero-order valence-corrected chi connectivity index (χ0v) is 14.6. The van der Waals surface area contributed by atoms with Gasteiger partial charge in [-0.1, -0.05) is 72.8 Å². The molecule has 0 amide bonds. The fourth-order valence-corrected chi connectivity index (χ4v) is 3.15. The minimum Gasteiger partial charge on any atom is -0.497 e. The highest BCUT2D eigenvalue weighted by Crippen LogP contribution is 2.41. The first-order valence-electron chi connectivity index (χ1n) is 8.36. The SMILES string of the molecule is COc1ccc(C(OC(C)N)(c2ccccc2)c2ccccc2)cc1. The second-order valence-electron chi connectivity index (χ2n) is 5.96. The predicted octanol–water partition coefficient (Wildman–Crippen LogP) is 4.31. The summed E-state index contributed by atoms with van der Waals surface area (Å²) in [4.78, 5) is 0. The number of hydrogen-bond acceptors (Lipinski definition) is 3. The normalized spacial score (nSPS) is 12.6. The summed E-state index contributed by atoms with van der Waals surface area (Å²) >= 11 is 0. The van der Waals surface area contributed by atoms with E-state index in [1.807, 2.05) is 67.6 Å². The first kappa shape index (κ1) is 17.2. The third-order valence-electron chi connectivity index (χ3n) is 4.22. The highest BCUT2D eigenvalue weighted by molar-refractivity contribution is 5.48. The van der Waals surface area contributed by atoms with Crippen molar-refractivity contribution in [3.63, 3.8) is 0 Å². The summed E-state index contributed by atoms with van der Waals surface area (Å²) in [7, 11) is 1.66. The second-order valence-corrected chi connectivity index (χ2v) is 5.96. The van der Waals surface area contributed by atoms with Crippen LogP contribution in [0.15, 0.2) is 84.9 Å². The van der Waals surface area contributed by atoms with Gasteiger partial charge in [-0.05, 0) is 35.7 Å². The summed E-state index contributed by atoms with van der Waals surface area (Å²) in [5, 5.41) is 0. The summed E-state index contributed by atoms with van der Waals surface area (Å²) in [5.74, 6) is 0.805. The van der Waals surface area contributed by atoms with E-state index in [1.165, 1.54) is 0 Å². The fourth-order valence-electron chi connectivity index (χ4n) is 3.15. The summed E-state index contributed by atoms with van der Waals surface area (Å²) in [6.45, 7) is 1.85. The molecule has 25 heavy (non-hydrogen) atoms. The Kier molecular flexibility index (Phi) is 5.17. The molecule has 0 fully saturated rings. The van der Waals surface area contributed by atoms with Crippen molar-refractivity contribution < 1.29 is 9.47 Å². The molecule has 0 spiro atoms. The maximum Gasteiger partial charge on any atom is 0.145 e. The van der Waals surface area contributed by atoms with Crippen LogP contribution >= 0.6 is 0 Å². The highest BCUT2D eigenvalue weighted by atomic mass is 16.5. The van der Waals surface area contributed by atoms with Gasteiger partial charge in [0.05, 0.1) is 7.11 Å². The number of benzene rings is 3. The fraction of sp³-hybridized carbons (Fsp3) is 0.182. The molecule has 0 aliphatic heterocycles. The highest BCUT2D eigenvalue weighted by Gasteiger charge is 2.38. The van der Waals surface area contributed by atoms with Crippen LogP contribution in [0.4, 0.5) is 0 Å². The maximum atomic E-state index is 6.41. The summed E-state index contributed by atoms with van der Waals surface area (Å²) in [5.41, 5.74) is 8.38. The molecule has 0 bridgehead atoms. The predicted molar refractivity (Wildman–Crippen MR) is 100 cm³/mol. The first-order valence-corrected chi connectivity index (χ1v) is 8.36. The van der Waals surface area contributed by atoms with Gasteiger partial charge in [0.15, 0.2) is 0 Å². The van der Waals surface area contributed by atoms with E-state index >= 15 is 0 Å². The molecule has 0 radical (unpaired) electrons. The van der Waals surface area contributed by atoms with Gasteiger partial charge in [-0.25, -0.2) is 0 Å². The molecule has 0 saturated heterocycles. The Hall–Kier alpha value is -2.62. The van der Waals surface area contributed by atoms with Crippen LogP contribution in [0.25, 0.3) is 0 Å². The van der Waals surface area contributed by atoms with Crippen LogP contribution in [0, 0.1) is 0 Å². The lowest BCUT2D eigenvalue weighted by molar-refractivity contribution is -0.0352. The smallest absolute Gasteiger partial charge is 0.145 e. The molecule has 3 nitrogen and oxygen atoms in total. The number of rotatable bonds is 6. The van der Waals surface area contributed by atoms with Gasteiger partial charge in [0.2, 0.25) is 0 Å². The largest absolute Gasteiger partial charge is 0.497 e. The van der Waals surface area contributed by atoms with Crippen LogP contribution in [0.3, 0.4) is 0 Å². The number of nitrogens with two attached hydrogens (primary N) is 1. The topological polar surface area (TPSA) is 44.5 Å². The van der Waals surface area contributed by atoms with E-state index < -0.39 is 11.8 Å². The molecule has 128 valence electrons. The molecule has 1 unspecified atom stereocenters. The summed E-state index contributed by atoms with van der Waals surface area (Å²) in [6.07, 6.45) is -0.442. The van der Waals surface area contributed by atoms with Gasteiger partial charge in [0.1, 0.15) is 17.6 Å². The third-order valence-corrected chi connectivity index (χ3v) is 4.22. The Labute approximate surface area is 149 Å². The van der Waals surface area contributed by atoms with E-state index in [0.717, 1.165) is 22.4 Å². The molecule has 3 aromatic carbocycles. The molecule has 0 aliphatic rings. The van der Waals surface area contributed by atoms with Gasteiger partial charge in [0.25, 0.3) is 0 Å². The average Bonchev–Trinajstić information content (AvgIpc) is 2.67. The van der Waals surface area contributed by atoms with Crippen molar-refractivity contribution in [1.29, 1.82) is 0 Å². The number of methoxy groups -OCH3 is 1. The maximum absolute atomic E-state index is 6.41. The lowest BCUT2D eigenvalue weighted by Gasteiger charge is -2.37. The van der Waals surface area contributed by atoms with Crippen LogP contribution in [0.1, 0.15) is 23.6 Å². The van der Waals surface area contributed by atoms with Crippen LogP contribution in [-0.4, -0.2) is 13.3 Å². The first-order chi connectivity index (χ1) is 12.2. The molecule has 3 aromatic rings. The lowest BCUT2D eigenvalue weighted by atomic mass is 9.80. The molecule has 0 heterocycles. The molecule has 0 saturated carbocycles. The summed E-state index contributed by atoms with van der Waals surface area (Å²) < 4.78 is 11.7. The monoisotopic (exact) mass is 333 g/mol. The van der Waals surface area contributed by atoms with Crippen molar-refractivity contribution in [2.45, 2.75) is 18.8 Å². The van der Waals surface area contributed by atoms with E-state index in [1.54, 1.807) is 7.11 Å². The molecular weight excluding hydrogens is 310 g/mol. The Balaban J connectivity index is 2.27. The Morgan fingerprint density at radius 2 is 1.16 bits per heavy atom. The van der Waals surface area contributed by atoms with E-state index in [2.05, 4.69) is 24.3 Å². The average molecular weight is 333 g/mol. The number of hydrogen-bond donors (Lipinski definition) is 1. The zero-order valence-electron chi connectivity index (χ0n) is 14.6. The van der Waals surface area contributed by atoms with Crippen molar-refractivity contribution in [3.05, 3.63) is 102 Å². The van der Waals surface area contributed by atoms with E-state index in [4.69, 9.17) is 15.2 Å². The Morgan fingerprint density at radius 3 is 1.56 bits per heavy atom. The van der Waals surface area contributed by atoms with Crippen molar-refractivity contribution in [1.82, 2.24) is 0 Å². The lowest BCUT2D eigenvalue weighted by Crippen LogP contribution is -2.39. The van der Waals surface area contributed by atoms with Crippen molar-refractivity contribution in [3.8, 4) is 5.75 Å². The van der Waals surface area contributed by atoms with Crippen LogP contribution in [0.2, 0.25) is 0 Å². The Morgan fingerprint density at radius 1 is 0.720 bits per heavy atom. The summed E-state index contributed by atoms with van der Waals surface area (Å²) in [6, 6.07) is 28.3. The van der Waals surface area contributed by atoms with Gasteiger partial charge in [0, 0.05) is 0 Å². The van der Waals surface area contributed by atoms with Crippen molar-refractivity contribution in [2.75, 3.05) is 7.11 Å². The quantitative estimate of drug-likeness (QED) is 0.540. The van der Waals surface area contributed by atoms with Crippen LogP contribution in [-0.2, 0) is 10.3 Å². The van der Waals surface area contributed by atoms with E-state index in [0.29, 0.717) is 0 Å². The molecule has 2 N–H and O–H groups in total. The van der Waals surface area contributed by atoms with Crippen LogP contribution in [0.5, 0.6) is 5.75 Å². The minimum atomic E-state index is -0.789. The third kappa shape index (κ3) is 3.43. The molecule has 3 heteroatoms. The van der Waals surface area contributed by atoms with Gasteiger partial charge < -0.3 is 15.2 Å². The standard InChI is InChI=1S/C22H23NO2/c1-17(23)25-22(18-9-5-3-6-10-18,19-11-7-4-8-12-19)20-13-15-21(24-2)16-14-20/h3-17H,23H2,1-2H3. The zero-order chi connectivity index (χ0) is 17.7.